The Hall–Kier alpha value is -0.790. The van der Waals surface area contributed by atoms with Crippen LogP contribution in [0.2, 0.25) is 0 Å². The molecule has 2 nitrogen and oxygen atoms in total. The molecule has 4 atom stereocenters. The Labute approximate surface area is 136 Å². The van der Waals surface area contributed by atoms with Gasteiger partial charge in [-0.3, -0.25) is 0 Å². The van der Waals surface area contributed by atoms with E-state index in [1.807, 2.05) is 13.8 Å². The molecule has 0 spiro atoms. The van der Waals surface area contributed by atoms with Gasteiger partial charge in [0.2, 0.25) is 0 Å². The van der Waals surface area contributed by atoms with Gasteiger partial charge in [0.15, 0.2) is 0 Å². The Morgan fingerprint density at radius 1 is 1.23 bits per heavy atom. The average Bonchev–Trinajstić information content (AvgIpc) is 2.91. The zero-order valence-corrected chi connectivity index (χ0v) is 15.3. The number of oxime groups is 1. The van der Waals surface area contributed by atoms with Crippen molar-refractivity contribution in [3.8, 4) is 0 Å². The minimum absolute atomic E-state index is 0.158. The maximum atomic E-state index is 5.45. The average molecular weight is 303 g/mol. The first-order chi connectivity index (χ1) is 10.3. The van der Waals surface area contributed by atoms with E-state index in [0.29, 0.717) is 10.8 Å². The van der Waals surface area contributed by atoms with Gasteiger partial charge in [-0.05, 0) is 81.1 Å². The van der Waals surface area contributed by atoms with E-state index in [1.165, 1.54) is 32.1 Å². The topological polar surface area (TPSA) is 21.6 Å². The molecule has 0 amide bonds. The second-order valence-corrected chi connectivity index (χ2v) is 9.06. The van der Waals surface area contributed by atoms with Gasteiger partial charge in [0.1, 0.15) is 6.10 Å². The monoisotopic (exact) mass is 303 g/mol. The Bertz CT molecular complexity index is 502. The molecule has 22 heavy (non-hydrogen) atoms. The SMILES string of the molecule is C/C(C=C1[C@H]2CC[C@@H]3[C@H]2C(C)(C)CCC[C@]13C)=N\OC(C)C. The van der Waals surface area contributed by atoms with Crippen molar-refractivity contribution in [3.63, 3.8) is 0 Å². The van der Waals surface area contributed by atoms with Gasteiger partial charge in [-0.25, -0.2) is 0 Å². The summed E-state index contributed by atoms with van der Waals surface area (Å²) in [7, 11) is 0. The van der Waals surface area contributed by atoms with Crippen LogP contribution in [0.25, 0.3) is 0 Å². The molecule has 3 rings (SSSR count). The zero-order valence-electron chi connectivity index (χ0n) is 15.3. The molecule has 4 bridgehead atoms. The smallest absolute Gasteiger partial charge is 0.122 e. The summed E-state index contributed by atoms with van der Waals surface area (Å²) in [5.41, 5.74) is 3.64. The van der Waals surface area contributed by atoms with Gasteiger partial charge in [0.25, 0.3) is 0 Å². The Morgan fingerprint density at radius 2 is 1.95 bits per heavy atom. The van der Waals surface area contributed by atoms with Crippen LogP contribution in [0.15, 0.2) is 16.8 Å². The van der Waals surface area contributed by atoms with Gasteiger partial charge in [0, 0.05) is 0 Å². The normalized spacial score (nSPS) is 42.0. The second kappa shape index (κ2) is 5.39. The van der Waals surface area contributed by atoms with Crippen LogP contribution >= 0.6 is 0 Å². The third-order valence-electron chi connectivity index (χ3n) is 6.72. The van der Waals surface area contributed by atoms with Crippen molar-refractivity contribution >= 4 is 5.71 Å². The molecule has 0 N–H and O–H groups in total. The highest BCUT2D eigenvalue weighted by Crippen LogP contribution is 2.70. The maximum absolute atomic E-state index is 5.45. The molecule has 0 aromatic carbocycles. The van der Waals surface area contributed by atoms with Crippen molar-refractivity contribution in [2.75, 3.05) is 0 Å². The van der Waals surface area contributed by atoms with E-state index in [2.05, 4.69) is 38.9 Å². The molecule has 3 aliphatic rings. The molecule has 0 unspecified atom stereocenters. The summed E-state index contributed by atoms with van der Waals surface area (Å²) < 4.78 is 0. The van der Waals surface area contributed by atoms with E-state index in [4.69, 9.17) is 4.84 Å². The molecule has 3 aliphatic carbocycles. The van der Waals surface area contributed by atoms with Crippen LogP contribution in [0, 0.1) is 28.6 Å². The minimum Gasteiger partial charge on any atom is -0.393 e. The molecule has 124 valence electrons. The van der Waals surface area contributed by atoms with Crippen LogP contribution in [-0.2, 0) is 4.84 Å². The van der Waals surface area contributed by atoms with E-state index in [1.54, 1.807) is 5.57 Å². The number of hydrogen-bond donors (Lipinski definition) is 0. The van der Waals surface area contributed by atoms with Gasteiger partial charge in [0.05, 0.1) is 5.71 Å². The third-order valence-corrected chi connectivity index (χ3v) is 6.72. The van der Waals surface area contributed by atoms with Gasteiger partial charge >= 0.3 is 0 Å². The van der Waals surface area contributed by atoms with Crippen LogP contribution in [-0.4, -0.2) is 11.8 Å². The van der Waals surface area contributed by atoms with Gasteiger partial charge in [-0.15, -0.1) is 0 Å². The summed E-state index contributed by atoms with van der Waals surface area (Å²) in [6.45, 7) is 13.7. The van der Waals surface area contributed by atoms with Crippen LogP contribution in [0.3, 0.4) is 0 Å². The summed E-state index contributed by atoms with van der Waals surface area (Å²) in [6, 6.07) is 0. The fraction of sp³-hybridized carbons (Fsp3) is 0.850. The van der Waals surface area contributed by atoms with E-state index in [-0.39, 0.29) is 6.10 Å². The molecular weight excluding hydrogens is 270 g/mol. The van der Waals surface area contributed by atoms with Gasteiger partial charge in [-0.2, -0.15) is 0 Å². The van der Waals surface area contributed by atoms with E-state index in [0.717, 1.165) is 23.5 Å². The first-order valence-electron chi connectivity index (χ1n) is 9.18. The minimum atomic E-state index is 0.158. The Kier molecular flexibility index (Phi) is 3.94. The molecule has 3 saturated carbocycles. The summed E-state index contributed by atoms with van der Waals surface area (Å²) in [5, 5.41) is 4.32. The van der Waals surface area contributed by atoms with Crippen molar-refractivity contribution in [3.05, 3.63) is 11.6 Å². The molecule has 0 aromatic rings. The van der Waals surface area contributed by atoms with Crippen LogP contribution in [0.1, 0.15) is 73.6 Å². The summed E-state index contributed by atoms with van der Waals surface area (Å²) in [5.74, 6) is 2.56. The van der Waals surface area contributed by atoms with Crippen molar-refractivity contribution in [1.82, 2.24) is 0 Å². The molecule has 0 aromatic heterocycles. The van der Waals surface area contributed by atoms with E-state index in [9.17, 15) is 0 Å². The first kappa shape index (κ1) is 16.1. The fourth-order valence-electron chi connectivity index (χ4n) is 5.91. The number of nitrogens with zero attached hydrogens (tertiary/aromatic N) is 1. The van der Waals surface area contributed by atoms with Crippen molar-refractivity contribution < 1.29 is 4.84 Å². The highest BCUT2D eigenvalue weighted by Gasteiger charge is 2.62. The molecule has 0 saturated heterocycles. The number of rotatable bonds is 3. The Balaban J connectivity index is 1.95. The molecular formula is C20H33NO. The second-order valence-electron chi connectivity index (χ2n) is 9.06. The lowest BCUT2D eigenvalue weighted by Gasteiger charge is -2.36. The van der Waals surface area contributed by atoms with Crippen LogP contribution in [0.5, 0.6) is 0 Å². The molecule has 3 fully saturated rings. The van der Waals surface area contributed by atoms with Gasteiger partial charge < -0.3 is 4.84 Å². The lowest BCUT2D eigenvalue weighted by atomic mass is 9.68. The number of allylic oxidation sites excluding steroid dienone is 2. The Morgan fingerprint density at radius 3 is 2.64 bits per heavy atom. The number of hydrogen-bond acceptors (Lipinski definition) is 2. The highest BCUT2D eigenvalue weighted by molar-refractivity contribution is 5.93. The maximum Gasteiger partial charge on any atom is 0.122 e. The lowest BCUT2D eigenvalue weighted by molar-refractivity contribution is 0.0860. The fourth-order valence-corrected chi connectivity index (χ4v) is 5.91. The predicted molar refractivity (Wildman–Crippen MR) is 92.9 cm³/mol. The zero-order chi connectivity index (χ0) is 16.1. The van der Waals surface area contributed by atoms with E-state index >= 15 is 0 Å². The van der Waals surface area contributed by atoms with Crippen molar-refractivity contribution in [2.24, 2.45) is 33.7 Å². The lowest BCUT2D eigenvalue weighted by Crippen LogP contribution is -2.28. The first-order valence-corrected chi connectivity index (χ1v) is 9.18. The summed E-state index contributed by atoms with van der Waals surface area (Å²) in [4.78, 5) is 5.45. The molecule has 2 heteroatoms. The quantitative estimate of drug-likeness (QED) is 0.492. The summed E-state index contributed by atoms with van der Waals surface area (Å²) in [6.07, 6.45) is 9.49. The molecule has 0 aliphatic heterocycles. The van der Waals surface area contributed by atoms with Crippen molar-refractivity contribution in [1.29, 1.82) is 0 Å². The van der Waals surface area contributed by atoms with Crippen LogP contribution in [0.4, 0.5) is 0 Å². The van der Waals surface area contributed by atoms with Gasteiger partial charge in [-0.1, -0.05) is 37.9 Å². The predicted octanol–water partition coefficient (Wildman–Crippen LogP) is 5.59. The third kappa shape index (κ3) is 2.43. The highest BCUT2D eigenvalue weighted by atomic mass is 16.6. The van der Waals surface area contributed by atoms with Crippen LogP contribution < -0.4 is 0 Å². The summed E-state index contributed by atoms with van der Waals surface area (Å²) >= 11 is 0. The molecule has 0 radical (unpaired) electrons. The standard InChI is InChI=1S/C20H33NO/c1-13(2)22-21-14(3)12-17-15-8-9-16-18(15)19(4,5)10-7-11-20(16,17)6/h12-13,15-16,18H,7-11H2,1-6H3/b17-12?,21-14+/t15-,16-,18+,20+/m1/s1. The molecule has 0 heterocycles. The van der Waals surface area contributed by atoms with E-state index < -0.39 is 0 Å². The van der Waals surface area contributed by atoms with Crippen molar-refractivity contribution in [2.45, 2.75) is 79.8 Å². The largest absolute Gasteiger partial charge is 0.393 e.